The molecule has 1 aliphatic heterocycles. The van der Waals surface area contributed by atoms with E-state index in [1.807, 2.05) is 0 Å². The summed E-state index contributed by atoms with van der Waals surface area (Å²) >= 11 is 0. The van der Waals surface area contributed by atoms with Crippen LogP contribution in [0.2, 0.25) is 0 Å². The minimum Gasteiger partial charge on any atom is -0.303 e. The van der Waals surface area contributed by atoms with E-state index in [4.69, 9.17) is 0 Å². The Morgan fingerprint density at radius 3 is 2.67 bits per heavy atom. The summed E-state index contributed by atoms with van der Waals surface area (Å²) in [6, 6.07) is 0.940. The molecule has 0 aromatic heterocycles. The molecule has 1 saturated heterocycles. The number of fused-ring (bicyclic) bond motifs is 1. The van der Waals surface area contributed by atoms with Gasteiger partial charge >= 0.3 is 0 Å². The molecule has 0 unspecified atom stereocenters. The summed E-state index contributed by atoms with van der Waals surface area (Å²) in [5.74, 6) is 2.19. The minimum atomic E-state index is 0.940. The fourth-order valence-corrected chi connectivity index (χ4v) is 2.40. The SMILES string of the molecule is CC[C@@H]1[C@H]2C[C@H]2CN1C. The Bertz CT molecular complexity index is 120. The smallest absolute Gasteiger partial charge is 0.0121 e. The summed E-state index contributed by atoms with van der Waals surface area (Å²) in [6.07, 6.45) is 2.89. The fourth-order valence-electron chi connectivity index (χ4n) is 2.40. The molecule has 2 rings (SSSR count). The molecule has 2 aliphatic rings. The zero-order chi connectivity index (χ0) is 6.43. The van der Waals surface area contributed by atoms with Crippen molar-refractivity contribution in [2.75, 3.05) is 13.6 Å². The number of nitrogens with zero attached hydrogens (tertiary/aromatic N) is 1. The lowest BCUT2D eigenvalue weighted by Gasteiger charge is -2.20. The Labute approximate surface area is 57.0 Å². The Kier molecular flexibility index (Phi) is 1.10. The van der Waals surface area contributed by atoms with E-state index in [1.165, 1.54) is 19.4 Å². The maximum absolute atomic E-state index is 2.53. The highest BCUT2D eigenvalue weighted by atomic mass is 15.2. The van der Waals surface area contributed by atoms with Crippen molar-refractivity contribution in [1.29, 1.82) is 0 Å². The molecular weight excluding hydrogens is 110 g/mol. The van der Waals surface area contributed by atoms with Crippen molar-refractivity contribution in [2.24, 2.45) is 11.8 Å². The number of hydrogen-bond acceptors (Lipinski definition) is 1. The van der Waals surface area contributed by atoms with Gasteiger partial charge in [-0.1, -0.05) is 6.92 Å². The second-order valence-corrected chi connectivity index (χ2v) is 3.57. The van der Waals surface area contributed by atoms with Gasteiger partial charge in [0, 0.05) is 12.6 Å². The van der Waals surface area contributed by atoms with E-state index < -0.39 is 0 Å². The number of likely N-dealkylation sites (tertiary alicyclic amines) is 1. The van der Waals surface area contributed by atoms with Gasteiger partial charge in [-0.3, -0.25) is 0 Å². The van der Waals surface area contributed by atoms with E-state index in [2.05, 4.69) is 18.9 Å². The molecule has 1 nitrogen and oxygen atoms in total. The lowest BCUT2D eigenvalue weighted by Crippen LogP contribution is -2.28. The molecule has 0 spiro atoms. The van der Waals surface area contributed by atoms with Crippen LogP contribution in [-0.4, -0.2) is 24.5 Å². The highest BCUT2D eigenvalue weighted by Gasteiger charge is 2.49. The first-order chi connectivity index (χ1) is 4.33. The third-order valence-electron chi connectivity index (χ3n) is 2.98. The van der Waals surface area contributed by atoms with Gasteiger partial charge < -0.3 is 4.90 Å². The van der Waals surface area contributed by atoms with Crippen LogP contribution in [0.15, 0.2) is 0 Å². The molecule has 0 radical (unpaired) electrons. The molecule has 9 heavy (non-hydrogen) atoms. The molecule has 0 N–H and O–H groups in total. The Hall–Kier alpha value is -0.0400. The van der Waals surface area contributed by atoms with E-state index >= 15 is 0 Å². The second kappa shape index (κ2) is 1.72. The predicted molar refractivity (Wildman–Crippen MR) is 38.3 cm³/mol. The summed E-state index contributed by atoms with van der Waals surface area (Å²) in [4.78, 5) is 2.53. The van der Waals surface area contributed by atoms with Crippen molar-refractivity contribution < 1.29 is 0 Å². The van der Waals surface area contributed by atoms with Crippen molar-refractivity contribution in [3.05, 3.63) is 0 Å². The van der Waals surface area contributed by atoms with Crippen LogP contribution in [0, 0.1) is 11.8 Å². The molecule has 0 aromatic rings. The molecule has 2 fully saturated rings. The molecule has 1 saturated carbocycles. The quantitative estimate of drug-likeness (QED) is 0.511. The molecule has 0 aromatic carbocycles. The third kappa shape index (κ3) is 0.710. The number of rotatable bonds is 1. The van der Waals surface area contributed by atoms with Gasteiger partial charge in [0.2, 0.25) is 0 Å². The van der Waals surface area contributed by atoms with Crippen LogP contribution in [0.25, 0.3) is 0 Å². The van der Waals surface area contributed by atoms with Gasteiger partial charge in [-0.05, 0) is 31.7 Å². The van der Waals surface area contributed by atoms with E-state index in [-0.39, 0.29) is 0 Å². The average molecular weight is 125 g/mol. The van der Waals surface area contributed by atoms with Gasteiger partial charge in [0.15, 0.2) is 0 Å². The molecule has 52 valence electrons. The van der Waals surface area contributed by atoms with Crippen LogP contribution in [0.4, 0.5) is 0 Å². The van der Waals surface area contributed by atoms with Gasteiger partial charge in [0.25, 0.3) is 0 Å². The highest BCUT2D eigenvalue weighted by molar-refractivity contribution is 5.02. The van der Waals surface area contributed by atoms with Crippen LogP contribution in [0.3, 0.4) is 0 Å². The average Bonchev–Trinajstić information content (AvgIpc) is 2.45. The largest absolute Gasteiger partial charge is 0.303 e. The van der Waals surface area contributed by atoms with E-state index in [9.17, 15) is 0 Å². The van der Waals surface area contributed by atoms with Crippen molar-refractivity contribution in [3.8, 4) is 0 Å². The molecule has 0 amide bonds. The lowest BCUT2D eigenvalue weighted by atomic mass is 10.1. The standard InChI is InChI=1S/C8H15N/c1-3-8-7-4-6(7)5-9(8)2/h6-8H,3-5H2,1-2H3/t6-,7-,8+/m0/s1. The van der Waals surface area contributed by atoms with Crippen LogP contribution in [0.1, 0.15) is 19.8 Å². The zero-order valence-corrected chi connectivity index (χ0v) is 6.30. The Morgan fingerprint density at radius 2 is 2.33 bits per heavy atom. The van der Waals surface area contributed by atoms with Gasteiger partial charge in [-0.15, -0.1) is 0 Å². The van der Waals surface area contributed by atoms with Crippen molar-refractivity contribution >= 4 is 0 Å². The third-order valence-corrected chi connectivity index (χ3v) is 2.98. The van der Waals surface area contributed by atoms with E-state index in [1.54, 1.807) is 0 Å². The first-order valence-electron chi connectivity index (χ1n) is 4.03. The molecule has 0 bridgehead atoms. The monoisotopic (exact) mass is 125 g/mol. The summed E-state index contributed by atoms with van der Waals surface area (Å²) in [7, 11) is 2.26. The first-order valence-corrected chi connectivity index (χ1v) is 4.03. The van der Waals surface area contributed by atoms with Crippen molar-refractivity contribution in [2.45, 2.75) is 25.8 Å². The zero-order valence-electron chi connectivity index (χ0n) is 6.30. The maximum Gasteiger partial charge on any atom is 0.0121 e. The molecule has 1 heteroatoms. The summed E-state index contributed by atoms with van der Waals surface area (Å²) in [6.45, 7) is 3.69. The Morgan fingerprint density at radius 1 is 1.56 bits per heavy atom. The van der Waals surface area contributed by atoms with Gasteiger partial charge in [-0.2, -0.15) is 0 Å². The van der Waals surface area contributed by atoms with Crippen molar-refractivity contribution in [3.63, 3.8) is 0 Å². The van der Waals surface area contributed by atoms with Crippen LogP contribution < -0.4 is 0 Å². The van der Waals surface area contributed by atoms with Crippen molar-refractivity contribution in [1.82, 2.24) is 4.90 Å². The minimum absolute atomic E-state index is 0.940. The van der Waals surface area contributed by atoms with Crippen LogP contribution in [0.5, 0.6) is 0 Å². The van der Waals surface area contributed by atoms with E-state index in [0.717, 1.165) is 17.9 Å². The molecule has 3 atom stereocenters. The van der Waals surface area contributed by atoms with Crippen LogP contribution in [-0.2, 0) is 0 Å². The topological polar surface area (TPSA) is 3.24 Å². The molecule has 1 heterocycles. The molecular formula is C8H15N. The predicted octanol–water partition coefficient (Wildman–Crippen LogP) is 1.35. The highest BCUT2D eigenvalue weighted by Crippen LogP contribution is 2.49. The number of hydrogen-bond donors (Lipinski definition) is 0. The van der Waals surface area contributed by atoms with E-state index in [0.29, 0.717) is 0 Å². The van der Waals surface area contributed by atoms with Crippen LogP contribution >= 0.6 is 0 Å². The summed E-state index contributed by atoms with van der Waals surface area (Å²) in [5.41, 5.74) is 0. The number of piperidine rings is 1. The maximum atomic E-state index is 2.53. The lowest BCUT2D eigenvalue weighted by molar-refractivity contribution is 0.263. The van der Waals surface area contributed by atoms with Gasteiger partial charge in [0.1, 0.15) is 0 Å². The molecule has 1 aliphatic carbocycles. The van der Waals surface area contributed by atoms with Gasteiger partial charge in [-0.25, -0.2) is 0 Å². The summed E-state index contributed by atoms with van der Waals surface area (Å²) < 4.78 is 0. The van der Waals surface area contributed by atoms with Gasteiger partial charge in [0.05, 0.1) is 0 Å². The second-order valence-electron chi connectivity index (χ2n) is 3.57. The fraction of sp³-hybridized carbons (Fsp3) is 1.00. The summed E-state index contributed by atoms with van der Waals surface area (Å²) in [5, 5.41) is 0. The first kappa shape index (κ1) is 5.72. The normalized spacial score (nSPS) is 49.3. The Balaban J connectivity index is 2.02.